The van der Waals surface area contributed by atoms with Crippen LogP contribution >= 0.6 is 35.0 Å². The molecule has 1 unspecified atom stereocenters. The smallest absolute Gasteiger partial charge is 0.234 e. The molecular formula is C21H22Cl2N8OS. The van der Waals surface area contributed by atoms with E-state index in [1.165, 1.54) is 11.8 Å². The summed E-state index contributed by atoms with van der Waals surface area (Å²) in [6, 6.07) is 7.27. The molecule has 1 saturated heterocycles. The molecule has 0 radical (unpaired) electrons. The van der Waals surface area contributed by atoms with E-state index in [1.54, 1.807) is 12.3 Å². The zero-order valence-corrected chi connectivity index (χ0v) is 20.2. The minimum absolute atomic E-state index is 0.0500. The zero-order chi connectivity index (χ0) is 22.8. The van der Waals surface area contributed by atoms with E-state index >= 15 is 0 Å². The third-order valence-electron chi connectivity index (χ3n) is 5.31. The Balaban J connectivity index is 1.41. The van der Waals surface area contributed by atoms with E-state index in [-0.39, 0.29) is 6.10 Å². The molecule has 172 valence electrons. The van der Waals surface area contributed by atoms with E-state index in [0.717, 1.165) is 43.2 Å². The van der Waals surface area contributed by atoms with E-state index in [2.05, 4.69) is 42.3 Å². The Labute approximate surface area is 205 Å². The second-order valence-electron chi connectivity index (χ2n) is 7.80. The van der Waals surface area contributed by atoms with E-state index < -0.39 is 0 Å². The summed E-state index contributed by atoms with van der Waals surface area (Å²) in [4.78, 5) is 19.3. The fraction of sp³-hybridized carbons (Fsp3) is 0.333. The molecule has 33 heavy (non-hydrogen) atoms. The van der Waals surface area contributed by atoms with Gasteiger partial charge in [-0.2, -0.15) is 20.1 Å². The first-order valence-electron chi connectivity index (χ1n) is 10.5. The summed E-state index contributed by atoms with van der Waals surface area (Å²) in [6.45, 7) is 3.56. The van der Waals surface area contributed by atoms with Gasteiger partial charge < -0.3 is 19.9 Å². The molecule has 0 aliphatic carbocycles. The fourth-order valence-corrected chi connectivity index (χ4v) is 5.05. The van der Waals surface area contributed by atoms with Crippen molar-refractivity contribution < 1.29 is 4.74 Å². The summed E-state index contributed by atoms with van der Waals surface area (Å²) in [7, 11) is 2.11. The maximum atomic E-state index is 6.18. The lowest BCUT2D eigenvalue weighted by Crippen LogP contribution is -2.45. The van der Waals surface area contributed by atoms with E-state index in [1.807, 2.05) is 24.3 Å². The van der Waals surface area contributed by atoms with Crippen LogP contribution in [-0.2, 0) is 4.74 Å². The molecule has 1 fully saturated rings. The number of benzene rings is 1. The van der Waals surface area contributed by atoms with E-state index in [9.17, 15) is 0 Å². The molecule has 2 aliphatic rings. The molecule has 2 aromatic heterocycles. The number of rotatable bonds is 6. The minimum Gasteiger partial charge on any atom is -0.492 e. The number of hydrogen-bond donors (Lipinski definition) is 2. The highest BCUT2D eigenvalue weighted by molar-refractivity contribution is 7.99. The maximum absolute atomic E-state index is 6.18. The summed E-state index contributed by atoms with van der Waals surface area (Å²) in [5.74, 6) is 1.64. The van der Waals surface area contributed by atoms with Crippen LogP contribution in [0.5, 0.6) is 0 Å². The number of halogens is 2. The summed E-state index contributed by atoms with van der Waals surface area (Å²) >= 11 is 13.7. The highest BCUT2D eigenvalue weighted by atomic mass is 35.5. The number of nitrogens with zero attached hydrogens (tertiary/aromatic N) is 6. The van der Waals surface area contributed by atoms with Gasteiger partial charge in [0.2, 0.25) is 11.9 Å². The molecule has 12 heteroatoms. The predicted molar refractivity (Wildman–Crippen MR) is 130 cm³/mol. The lowest BCUT2D eigenvalue weighted by atomic mass is 10.2. The van der Waals surface area contributed by atoms with Crippen LogP contribution in [0.4, 0.5) is 17.7 Å². The molecule has 0 saturated carbocycles. The Morgan fingerprint density at radius 1 is 1.06 bits per heavy atom. The zero-order valence-electron chi connectivity index (χ0n) is 17.8. The quantitative estimate of drug-likeness (QED) is 0.501. The van der Waals surface area contributed by atoms with Gasteiger partial charge in [0.05, 0.1) is 12.0 Å². The maximum Gasteiger partial charge on any atom is 0.234 e. The molecule has 1 aromatic carbocycles. The number of piperazine rings is 1. The third kappa shape index (κ3) is 5.52. The molecule has 0 spiro atoms. The van der Waals surface area contributed by atoms with Gasteiger partial charge in [-0.1, -0.05) is 23.2 Å². The van der Waals surface area contributed by atoms with Crippen molar-refractivity contribution >= 4 is 52.7 Å². The standard InChI is InChI=1S/C21H22Cl2N8OS/c1-30-4-6-31(7-5-30)20-25-19(24-18-12-16(28-29-18)17-3-2-8-32-17)26-21(27-20)33-15-10-13(22)9-14(23)11-15/h2,8-12,17H,3-7H2,1H3,(H2,24,25,26,27,28,29). The van der Waals surface area contributed by atoms with Gasteiger partial charge in [-0.15, -0.1) is 0 Å². The van der Waals surface area contributed by atoms with Crippen molar-refractivity contribution in [3.63, 3.8) is 0 Å². The predicted octanol–water partition coefficient (Wildman–Crippen LogP) is 4.52. The SMILES string of the molecule is CN1CCN(c2nc(Nc3cc(C4CC=CO4)[nH]n3)nc(Sc3cc(Cl)cc(Cl)c3)n2)CC1. The number of aromatic amines is 1. The Morgan fingerprint density at radius 3 is 2.58 bits per heavy atom. The van der Waals surface area contributed by atoms with Crippen LogP contribution in [0.1, 0.15) is 18.2 Å². The average Bonchev–Trinajstić information content (AvgIpc) is 3.45. The van der Waals surface area contributed by atoms with Gasteiger partial charge in [-0.05, 0) is 43.1 Å². The normalized spacial score (nSPS) is 18.5. The molecule has 2 N–H and O–H groups in total. The molecule has 4 heterocycles. The lowest BCUT2D eigenvalue weighted by molar-refractivity contribution is 0.169. The van der Waals surface area contributed by atoms with Gasteiger partial charge in [0.25, 0.3) is 0 Å². The van der Waals surface area contributed by atoms with Crippen molar-refractivity contribution in [1.82, 2.24) is 30.0 Å². The summed E-state index contributed by atoms with van der Waals surface area (Å²) in [5, 5.41) is 12.2. The van der Waals surface area contributed by atoms with Gasteiger partial charge in [-0.25, -0.2) is 0 Å². The highest BCUT2D eigenvalue weighted by Gasteiger charge is 2.21. The first-order chi connectivity index (χ1) is 16.0. The fourth-order valence-electron chi connectivity index (χ4n) is 3.55. The van der Waals surface area contributed by atoms with Gasteiger partial charge in [0.15, 0.2) is 11.0 Å². The molecule has 1 atom stereocenters. The van der Waals surface area contributed by atoms with E-state index in [4.69, 9.17) is 32.9 Å². The molecule has 9 nitrogen and oxygen atoms in total. The van der Waals surface area contributed by atoms with Crippen molar-refractivity contribution in [2.75, 3.05) is 43.4 Å². The van der Waals surface area contributed by atoms with Gasteiger partial charge in [-0.3, -0.25) is 5.10 Å². The van der Waals surface area contributed by atoms with Gasteiger partial charge in [0, 0.05) is 53.6 Å². The van der Waals surface area contributed by atoms with Crippen LogP contribution < -0.4 is 10.2 Å². The van der Waals surface area contributed by atoms with Crippen LogP contribution in [0.15, 0.2) is 46.7 Å². The Kier molecular flexibility index (Phi) is 6.59. The van der Waals surface area contributed by atoms with Crippen LogP contribution in [0, 0.1) is 0 Å². The second-order valence-corrected chi connectivity index (χ2v) is 9.72. The molecule has 0 amide bonds. The van der Waals surface area contributed by atoms with Crippen molar-refractivity contribution in [3.8, 4) is 0 Å². The van der Waals surface area contributed by atoms with Crippen molar-refractivity contribution in [3.05, 3.63) is 52.3 Å². The lowest BCUT2D eigenvalue weighted by Gasteiger charge is -2.32. The summed E-state index contributed by atoms with van der Waals surface area (Å²) in [6.07, 6.45) is 4.45. The highest BCUT2D eigenvalue weighted by Crippen LogP contribution is 2.32. The number of nitrogens with one attached hydrogen (secondary N) is 2. The molecule has 2 aliphatic heterocycles. The monoisotopic (exact) mass is 504 g/mol. The van der Waals surface area contributed by atoms with Gasteiger partial charge in [0.1, 0.15) is 6.10 Å². The van der Waals surface area contributed by atoms with Crippen LogP contribution in [0.25, 0.3) is 0 Å². The van der Waals surface area contributed by atoms with E-state index in [0.29, 0.717) is 32.9 Å². The molecular weight excluding hydrogens is 483 g/mol. The van der Waals surface area contributed by atoms with Crippen molar-refractivity contribution in [1.29, 1.82) is 0 Å². The van der Waals surface area contributed by atoms with Crippen LogP contribution in [0.2, 0.25) is 10.0 Å². The number of anilines is 3. The minimum atomic E-state index is -0.0500. The van der Waals surface area contributed by atoms with Crippen molar-refractivity contribution in [2.45, 2.75) is 22.6 Å². The third-order valence-corrected chi connectivity index (χ3v) is 6.58. The Morgan fingerprint density at radius 2 is 1.85 bits per heavy atom. The number of aromatic nitrogens is 5. The topological polar surface area (TPSA) is 95.1 Å². The van der Waals surface area contributed by atoms with Gasteiger partial charge >= 0.3 is 0 Å². The first kappa shape index (κ1) is 22.3. The number of likely N-dealkylation sites (N-methyl/N-ethyl adjacent to an activating group) is 1. The summed E-state index contributed by atoms with van der Waals surface area (Å²) < 4.78 is 5.56. The second kappa shape index (κ2) is 9.76. The van der Waals surface area contributed by atoms with Crippen LogP contribution in [0.3, 0.4) is 0 Å². The average molecular weight is 505 g/mol. The summed E-state index contributed by atoms with van der Waals surface area (Å²) in [5.41, 5.74) is 0.888. The largest absolute Gasteiger partial charge is 0.492 e. The number of ether oxygens (including phenoxy) is 1. The first-order valence-corrected chi connectivity index (χ1v) is 12.1. The molecule has 3 aromatic rings. The number of hydrogen-bond acceptors (Lipinski definition) is 9. The van der Waals surface area contributed by atoms with Crippen LogP contribution in [-0.4, -0.2) is 63.3 Å². The Hall–Kier alpha value is -2.53. The van der Waals surface area contributed by atoms with Crippen molar-refractivity contribution in [2.24, 2.45) is 0 Å². The Bertz CT molecular complexity index is 1140. The number of H-pyrrole nitrogens is 1. The molecule has 5 rings (SSSR count). The molecule has 0 bridgehead atoms.